The molecule has 0 aromatic heterocycles. The Bertz CT molecular complexity index is 546. The molecule has 0 unspecified atom stereocenters. The molecule has 22 heavy (non-hydrogen) atoms. The summed E-state index contributed by atoms with van der Waals surface area (Å²) in [5, 5.41) is 0.744. The zero-order chi connectivity index (χ0) is 17.1. The van der Waals surface area contributed by atoms with Gasteiger partial charge in [-0.2, -0.15) is 13.2 Å². The van der Waals surface area contributed by atoms with Gasteiger partial charge in [0, 0.05) is 17.0 Å². The molecule has 0 aromatic rings. The Morgan fingerprint density at radius 2 is 2.00 bits per heavy atom. The first-order valence-electron chi connectivity index (χ1n) is 6.54. The molecule has 6 N–H and O–H groups in total. The maximum atomic E-state index is 12.8. The number of esters is 1. The highest BCUT2D eigenvalue weighted by Gasteiger charge is 2.36. The van der Waals surface area contributed by atoms with Crippen molar-refractivity contribution in [1.82, 2.24) is 5.01 Å². The Balaban J connectivity index is 3.24. The van der Waals surface area contributed by atoms with Crippen molar-refractivity contribution in [3.05, 3.63) is 34.4 Å². The summed E-state index contributed by atoms with van der Waals surface area (Å²) in [6.07, 6.45) is -3.93. The fourth-order valence-electron chi connectivity index (χ4n) is 1.94. The van der Waals surface area contributed by atoms with E-state index >= 15 is 0 Å². The Hall–Kier alpha value is -2.16. The summed E-state index contributed by atoms with van der Waals surface area (Å²) in [5.41, 5.74) is 10.3. The first-order chi connectivity index (χ1) is 10.1. The maximum absolute atomic E-state index is 12.8. The lowest BCUT2D eigenvalue weighted by atomic mass is 9.99. The van der Waals surface area contributed by atoms with Crippen LogP contribution < -0.4 is 17.3 Å². The van der Waals surface area contributed by atoms with Gasteiger partial charge in [0.2, 0.25) is 0 Å². The van der Waals surface area contributed by atoms with Crippen molar-refractivity contribution in [1.29, 1.82) is 0 Å². The van der Waals surface area contributed by atoms with Crippen LogP contribution in [-0.4, -0.2) is 23.8 Å². The van der Waals surface area contributed by atoms with Gasteiger partial charge in [0.05, 0.1) is 12.3 Å². The molecule has 0 aromatic carbocycles. The number of nitrogens with zero attached hydrogens (tertiary/aromatic N) is 1. The largest absolute Gasteiger partial charge is 0.461 e. The normalized spacial score (nSPS) is 16.9. The molecule has 0 aliphatic heterocycles. The van der Waals surface area contributed by atoms with Crippen molar-refractivity contribution < 1.29 is 22.7 Å². The zero-order valence-electron chi connectivity index (χ0n) is 12.3. The van der Waals surface area contributed by atoms with Crippen LogP contribution in [0.4, 0.5) is 13.2 Å². The first kappa shape index (κ1) is 17.9. The van der Waals surface area contributed by atoms with E-state index in [0.717, 1.165) is 11.1 Å². The molecule has 0 saturated carbocycles. The standard InChI is InChI=1S/C13H19F3N4O2/c1-3-22-12(21)11(7(2)17)20(19)10-6-8(13(14,15)16)4-5-9(10)18/h6H,3-5,17-19H2,1-2H3/b11-7+. The molecular weight excluding hydrogens is 301 g/mol. The van der Waals surface area contributed by atoms with E-state index in [-0.39, 0.29) is 42.2 Å². The van der Waals surface area contributed by atoms with Gasteiger partial charge in [-0.15, -0.1) is 0 Å². The molecule has 1 aliphatic carbocycles. The highest BCUT2D eigenvalue weighted by molar-refractivity contribution is 5.88. The highest BCUT2D eigenvalue weighted by Crippen LogP contribution is 2.35. The summed E-state index contributed by atoms with van der Waals surface area (Å²) in [4.78, 5) is 11.9. The summed E-state index contributed by atoms with van der Waals surface area (Å²) in [7, 11) is 0. The third-order valence-corrected chi connectivity index (χ3v) is 3.01. The van der Waals surface area contributed by atoms with E-state index < -0.39 is 17.7 Å². The number of alkyl halides is 3. The second kappa shape index (κ2) is 6.73. The predicted octanol–water partition coefficient (Wildman–Crippen LogP) is 1.37. The van der Waals surface area contributed by atoms with Gasteiger partial charge in [-0.1, -0.05) is 0 Å². The van der Waals surface area contributed by atoms with E-state index in [1.165, 1.54) is 6.92 Å². The minimum absolute atomic E-state index is 0.00813. The van der Waals surface area contributed by atoms with Crippen molar-refractivity contribution in [3.8, 4) is 0 Å². The quantitative estimate of drug-likeness (QED) is 0.312. The van der Waals surface area contributed by atoms with Crippen molar-refractivity contribution in [2.24, 2.45) is 17.3 Å². The van der Waals surface area contributed by atoms with Gasteiger partial charge in [-0.05, 0) is 32.8 Å². The predicted molar refractivity (Wildman–Crippen MR) is 74.1 cm³/mol. The van der Waals surface area contributed by atoms with Crippen molar-refractivity contribution in [2.75, 3.05) is 6.61 Å². The number of hydrazine groups is 1. The minimum atomic E-state index is -4.49. The van der Waals surface area contributed by atoms with Gasteiger partial charge in [-0.3, -0.25) is 5.01 Å². The second-order valence-corrected chi connectivity index (χ2v) is 4.70. The van der Waals surface area contributed by atoms with Gasteiger partial charge >= 0.3 is 12.1 Å². The second-order valence-electron chi connectivity index (χ2n) is 4.70. The number of hydrogen-bond donors (Lipinski definition) is 3. The molecule has 0 heterocycles. The number of halogens is 3. The average Bonchev–Trinajstić information content (AvgIpc) is 2.37. The summed E-state index contributed by atoms with van der Waals surface area (Å²) in [6.45, 7) is 3.04. The minimum Gasteiger partial charge on any atom is -0.461 e. The summed E-state index contributed by atoms with van der Waals surface area (Å²) >= 11 is 0. The molecule has 0 amide bonds. The Labute approximate surface area is 126 Å². The molecule has 1 aliphatic rings. The van der Waals surface area contributed by atoms with Crippen molar-refractivity contribution in [3.63, 3.8) is 0 Å². The van der Waals surface area contributed by atoms with Gasteiger partial charge in [0.1, 0.15) is 0 Å². The van der Waals surface area contributed by atoms with Crippen LogP contribution in [0.1, 0.15) is 26.7 Å². The molecule has 6 nitrogen and oxygen atoms in total. The van der Waals surface area contributed by atoms with Crippen LogP contribution in [0.3, 0.4) is 0 Å². The number of hydrogen-bond acceptors (Lipinski definition) is 6. The molecule has 124 valence electrons. The Morgan fingerprint density at radius 1 is 1.41 bits per heavy atom. The smallest absolute Gasteiger partial charge is 0.412 e. The number of allylic oxidation sites excluding steroid dienone is 4. The molecule has 1 rings (SSSR count). The SMILES string of the molecule is CCOC(=O)/C(=C(/C)N)N(N)C1=C(N)CCC(C(F)(F)F)=C1. The van der Waals surface area contributed by atoms with Gasteiger partial charge in [0.15, 0.2) is 5.70 Å². The topological polar surface area (TPSA) is 108 Å². The summed E-state index contributed by atoms with van der Waals surface area (Å²) in [6, 6.07) is 0. The molecule has 0 fully saturated rings. The van der Waals surface area contributed by atoms with Crippen LogP contribution in [-0.2, 0) is 9.53 Å². The molecular formula is C13H19F3N4O2. The van der Waals surface area contributed by atoms with Gasteiger partial charge < -0.3 is 16.2 Å². The van der Waals surface area contributed by atoms with E-state index in [2.05, 4.69) is 0 Å². The van der Waals surface area contributed by atoms with Crippen LogP contribution in [0.25, 0.3) is 0 Å². The maximum Gasteiger partial charge on any atom is 0.412 e. The molecule has 0 atom stereocenters. The lowest BCUT2D eigenvalue weighted by Crippen LogP contribution is -2.38. The number of nitrogens with two attached hydrogens (primary N) is 3. The lowest BCUT2D eigenvalue weighted by Gasteiger charge is -2.28. The van der Waals surface area contributed by atoms with Crippen molar-refractivity contribution in [2.45, 2.75) is 32.9 Å². The number of rotatable bonds is 4. The highest BCUT2D eigenvalue weighted by atomic mass is 19.4. The van der Waals surface area contributed by atoms with E-state index in [1.54, 1.807) is 6.92 Å². The molecule has 0 saturated heterocycles. The van der Waals surface area contributed by atoms with Gasteiger partial charge in [0.25, 0.3) is 0 Å². The fraction of sp³-hybridized carbons (Fsp3) is 0.462. The fourth-order valence-corrected chi connectivity index (χ4v) is 1.94. The number of carbonyl (C=O) groups is 1. The van der Waals surface area contributed by atoms with Crippen LogP contribution in [0.2, 0.25) is 0 Å². The monoisotopic (exact) mass is 320 g/mol. The van der Waals surface area contributed by atoms with Gasteiger partial charge in [-0.25, -0.2) is 10.6 Å². The Morgan fingerprint density at radius 3 is 2.45 bits per heavy atom. The average molecular weight is 320 g/mol. The zero-order valence-corrected chi connectivity index (χ0v) is 12.3. The van der Waals surface area contributed by atoms with E-state index in [1.807, 2.05) is 0 Å². The van der Waals surface area contributed by atoms with Crippen molar-refractivity contribution >= 4 is 5.97 Å². The third-order valence-electron chi connectivity index (χ3n) is 3.01. The number of carbonyl (C=O) groups excluding carboxylic acids is 1. The van der Waals surface area contributed by atoms with Crippen LogP contribution in [0.15, 0.2) is 34.4 Å². The molecule has 0 radical (unpaired) electrons. The van der Waals surface area contributed by atoms with Crippen LogP contribution >= 0.6 is 0 Å². The Kier molecular flexibility index (Phi) is 5.48. The summed E-state index contributed by atoms with van der Waals surface area (Å²) in [5.74, 6) is 4.93. The van der Waals surface area contributed by atoms with E-state index in [4.69, 9.17) is 22.0 Å². The van der Waals surface area contributed by atoms with E-state index in [0.29, 0.717) is 0 Å². The van der Waals surface area contributed by atoms with Crippen LogP contribution in [0, 0.1) is 0 Å². The lowest BCUT2D eigenvalue weighted by molar-refractivity contribution is -0.140. The van der Waals surface area contributed by atoms with Crippen LogP contribution in [0.5, 0.6) is 0 Å². The molecule has 0 bridgehead atoms. The van der Waals surface area contributed by atoms with E-state index in [9.17, 15) is 18.0 Å². The molecule has 9 heteroatoms. The third kappa shape index (κ3) is 3.94. The number of ether oxygens (including phenoxy) is 1. The molecule has 0 spiro atoms. The summed E-state index contributed by atoms with van der Waals surface area (Å²) < 4.78 is 43.3. The first-order valence-corrected chi connectivity index (χ1v) is 6.54.